The van der Waals surface area contributed by atoms with Crippen LogP contribution in [-0.2, 0) is 0 Å². The molecule has 1 aliphatic carbocycles. The minimum absolute atomic E-state index is 0.325. The average molecular weight is 335 g/mol. The van der Waals surface area contributed by atoms with E-state index >= 15 is 0 Å². The predicted octanol–water partition coefficient (Wildman–Crippen LogP) is 2.94. The first kappa shape index (κ1) is 18.2. The summed E-state index contributed by atoms with van der Waals surface area (Å²) < 4.78 is 0. The highest BCUT2D eigenvalue weighted by Gasteiger charge is 2.37. The standard InChI is InChI=1S/C19H31N3S/c1-15(2)16-8-10-17(11-9-16)21-18(23)20-14-19(22(3)4)12-6-5-7-13-19/h8-11,15H,5-7,12-14H2,1-4H3,(H2,20,21,23)/p+1. The average Bonchev–Trinajstić information content (AvgIpc) is 2.54. The molecule has 1 aromatic rings. The van der Waals surface area contributed by atoms with Crippen molar-refractivity contribution in [1.29, 1.82) is 0 Å². The van der Waals surface area contributed by atoms with E-state index in [9.17, 15) is 0 Å². The van der Waals surface area contributed by atoms with Gasteiger partial charge >= 0.3 is 0 Å². The van der Waals surface area contributed by atoms with E-state index in [2.05, 4.69) is 62.8 Å². The molecule has 1 saturated carbocycles. The lowest BCUT2D eigenvalue weighted by molar-refractivity contribution is -0.916. The van der Waals surface area contributed by atoms with E-state index < -0.39 is 0 Å². The number of anilines is 1. The third-order valence-corrected chi connectivity index (χ3v) is 5.54. The molecular formula is C19H32N3S+. The molecular weight excluding hydrogens is 302 g/mol. The van der Waals surface area contributed by atoms with Crippen molar-refractivity contribution in [1.82, 2.24) is 5.32 Å². The maximum atomic E-state index is 5.49. The molecule has 1 fully saturated rings. The Balaban J connectivity index is 1.88. The Bertz CT molecular complexity index is 502. The Kier molecular flexibility index (Phi) is 6.42. The second-order valence-corrected chi connectivity index (χ2v) is 7.83. The third-order valence-electron chi connectivity index (χ3n) is 5.29. The van der Waals surface area contributed by atoms with Crippen molar-refractivity contribution in [2.75, 3.05) is 26.0 Å². The fraction of sp³-hybridized carbons (Fsp3) is 0.632. The number of nitrogens with one attached hydrogen (secondary N) is 3. The van der Waals surface area contributed by atoms with Gasteiger partial charge in [0.15, 0.2) is 5.11 Å². The minimum atomic E-state index is 0.325. The molecule has 0 spiro atoms. The number of likely N-dealkylation sites (N-methyl/N-ethyl adjacent to an activating group) is 1. The van der Waals surface area contributed by atoms with Gasteiger partial charge in [-0.05, 0) is 48.7 Å². The molecule has 0 saturated heterocycles. The Labute approximate surface area is 146 Å². The zero-order valence-corrected chi connectivity index (χ0v) is 15.9. The van der Waals surface area contributed by atoms with E-state index in [0.717, 1.165) is 17.3 Å². The van der Waals surface area contributed by atoms with Crippen molar-refractivity contribution in [3.8, 4) is 0 Å². The van der Waals surface area contributed by atoms with E-state index in [1.54, 1.807) is 0 Å². The Morgan fingerprint density at radius 2 is 1.74 bits per heavy atom. The van der Waals surface area contributed by atoms with Gasteiger partial charge in [-0.25, -0.2) is 0 Å². The second-order valence-electron chi connectivity index (χ2n) is 7.43. The number of rotatable bonds is 5. The van der Waals surface area contributed by atoms with Gasteiger partial charge in [0.1, 0.15) is 5.54 Å². The van der Waals surface area contributed by atoms with Crippen molar-refractivity contribution in [2.45, 2.75) is 57.4 Å². The second kappa shape index (κ2) is 8.11. The summed E-state index contributed by atoms with van der Waals surface area (Å²) in [5, 5.41) is 7.50. The molecule has 128 valence electrons. The molecule has 3 N–H and O–H groups in total. The molecule has 1 aromatic carbocycles. The van der Waals surface area contributed by atoms with Gasteiger partial charge in [0, 0.05) is 18.5 Å². The molecule has 0 atom stereocenters. The third kappa shape index (κ3) is 4.92. The summed E-state index contributed by atoms with van der Waals surface area (Å²) >= 11 is 5.49. The van der Waals surface area contributed by atoms with Crippen LogP contribution in [0.3, 0.4) is 0 Å². The zero-order chi connectivity index (χ0) is 16.9. The van der Waals surface area contributed by atoms with Crippen molar-refractivity contribution < 1.29 is 4.90 Å². The van der Waals surface area contributed by atoms with Crippen molar-refractivity contribution in [2.24, 2.45) is 0 Å². The van der Waals surface area contributed by atoms with E-state index in [1.807, 2.05) is 0 Å². The van der Waals surface area contributed by atoms with Crippen LogP contribution >= 0.6 is 12.2 Å². The first-order valence-electron chi connectivity index (χ1n) is 8.88. The van der Waals surface area contributed by atoms with E-state index in [4.69, 9.17) is 12.2 Å². The highest BCUT2D eigenvalue weighted by molar-refractivity contribution is 7.80. The van der Waals surface area contributed by atoms with Crippen LogP contribution in [0.25, 0.3) is 0 Å². The van der Waals surface area contributed by atoms with Gasteiger partial charge in [-0.1, -0.05) is 32.4 Å². The summed E-state index contributed by atoms with van der Waals surface area (Å²) in [7, 11) is 4.54. The van der Waals surface area contributed by atoms with Crippen LogP contribution in [0.15, 0.2) is 24.3 Å². The van der Waals surface area contributed by atoms with Crippen LogP contribution in [0, 0.1) is 0 Å². The first-order chi connectivity index (χ1) is 10.9. The number of thiocarbonyl (C=S) groups is 1. The lowest BCUT2D eigenvalue weighted by atomic mass is 9.80. The summed E-state index contributed by atoms with van der Waals surface area (Å²) in [4.78, 5) is 1.54. The molecule has 2 rings (SSSR count). The zero-order valence-electron chi connectivity index (χ0n) is 15.0. The molecule has 23 heavy (non-hydrogen) atoms. The number of hydrogen-bond acceptors (Lipinski definition) is 1. The van der Waals surface area contributed by atoms with Crippen LogP contribution < -0.4 is 15.5 Å². The van der Waals surface area contributed by atoms with Crippen LogP contribution in [-0.4, -0.2) is 31.3 Å². The largest absolute Gasteiger partial charge is 0.356 e. The van der Waals surface area contributed by atoms with Crippen LogP contribution in [0.2, 0.25) is 0 Å². The molecule has 0 aliphatic heterocycles. The predicted molar refractivity (Wildman–Crippen MR) is 103 cm³/mol. The maximum Gasteiger partial charge on any atom is 0.171 e. The normalized spacial score (nSPS) is 17.3. The number of quaternary nitrogens is 1. The molecule has 0 aromatic heterocycles. The summed E-state index contributed by atoms with van der Waals surface area (Å²) in [6.07, 6.45) is 6.62. The highest BCUT2D eigenvalue weighted by Crippen LogP contribution is 2.25. The van der Waals surface area contributed by atoms with Gasteiger partial charge in [-0.2, -0.15) is 0 Å². The summed E-state index contributed by atoms with van der Waals surface area (Å²) in [6, 6.07) is 8.55. The maximum absolute atomic E-state index is 5.49. The molecule has 0 radical (unpaired) electrons. The summed E-state index contributed by atoms with van der Waals surface area (Å²) in [5.74, 6) is 0.559. The molecule has 4 heteroatoms. The van der Waals surface area contributed by atoms with Gasteiger partial charge in [0.05, 0.1) is 20.6 Å². The van der Waals surface area contributed by atoms with Crippen LogP contribution in [0.5, 0.6) is 0 Å². The fourth-order valence-corrected chi connectivity index (χ4v) is 3.65. The molecule has 1 aliphatic rings. The monoisotopic (exact) mass is 334 g/mol. The fourth-order valence-electron chi connectivity index (χ4n) is 3.46. The summed E-state index contributed by atoms with van der Waals surface area (Å²) in [6.45, 7) is 5.37. The molecule has 0 bridgehead atoms. The Morgan fingerprint density at radius 3 is 2.26 bits per heavy atom. The van der Waals surface area contributed by atoms with E-state index in [1.165, 1.54) is 42.6 Å². The van der Waals surface area contributed by atoms with Crippen LogP contribution in [0.1, 0.15) is 57.4 Å². The van der Waals surface area contributed by atoms with E-state index in [0.29, 0.717) is 11.5 Å². The van der Waals surface area contributed by atoms with Gasteiger partial charge in [-0.15, -0.1) is 0 Å². The topological polar surface area (TPSA) is 28.5 Å². The SMILES string of the molecule is CC(C)c1ccc(NC(=S)NCC2([NH+](C)C)CCCCC2)cc1. The molecule has 0 heterocycles. The lowest BCUT2D eigenvalue weighted by Crippen LogP contribution is -3.16. The van der Waals surface area contributed by atoms with E-state index in [-0.39, 0.29) is 0 Å². The Morgan fingerprint density at radius 1 is 1.13 bits per heavy atom. The lowest BCUT2D eigenvalue weighted by Gasteiger charge is -2.40. The minimum Gasteiger partial charge on any atom is -0.356 e. The Hall–Kier alpha value is -1.13. The van der Waals surface area contributed by atoms with Gasteiger partial charge in [0.25, 0.3) is 0 Å². The number of benzene rings is 1. The van der Waals surface area contributed by atoms with Crippen LogP contribution in [0.4, 0.5) is 5.69 Å². The highest BCUT2D eigenvalue weighted by atomic mass is 32.1. The van der Waals surface area contributed by atoms with Crippen molar-refractivity contribution in [3.05, 3.63) is 29.8 Å². The number of hydrogen-bond donors (Lipinski definition) is 3. The quantitative estimate of drug-likeness (QED) is 0.723. The van der Waals surface area contributed by atoms with Crippen molar-refractivity contribution in [3.63, 3.8) is 0 Å². The smallest absolute Gasteiger partial charge is 0.171 e. The van der Waals surface area contributed by atoms with Crippen molar-refractivity contribution >= 4 is 23.0 Å². The first-order valence-corrected chi connectivity index (χ1v) is 9.29. The van der Waals surface area contributed by atoms with Gasteiger partial charge in [0.2, 0.25) is 0 Å². The molecule has 3 nitrogen and oxygen atoms in total. The van der Waals surface area contributed by atoms with Gasteiger partial charge < -0.3 is 15.5 Å². The summed E-state index contributed by atoms with van der Waals surface area (Å²) in [5.41, 5.74) is 2.74. The molecule has 0 amide bonds. The molecule has 0 unspecified atom stereocenters. The van der Waals surface area contributed by atoms with Gasteiger partial charge in [-0.3, -0.25) is 0 Å².